The molecule has 0 amide bonds. The van der Waals surface area contributed by atoms with Crippen molar-refractivity contribution in [2.45, 2.75) is 32.6 Å². The molecule has 0 spiro atoms. The van der Waals surface area contributed by atoms with Crippen molar-refractivity contribution >= 4 is 5.82 Å². The number of rotatable bonds is 7. The number of aromatic nitrogens is 1. The second kappa shape index (κ2) is 8.12. The summed E-state index contributed by atoms with van der Waals surface area (Å²) in [5.74, 6) is -1.53. The molecule has 1 aliphatic heterocycles. The molecule has 0 aliphatic carbocycles. The number of ether oxygens (including phenoxy) is 1. The molecule has 4 nitrogen and oxygen atoms in total. The molecule has 2 heterocycles. The van der Waals surface area contributed by atoms with Crippen molar-refractivity contribution in [3.05, 3.63) is 17.7 Å². The molecule has 0 saturated carbocycles. The Morgan fingerprint density at radius 1 is 1.24 bits per heavy atom. The van der Waals surface area contributed by atoms with Crippen LogP contribution in [0.25, 0.3) is 0 Å². The van der Waals surface area contributed by atoms with Crippen molar-refractivity contribution in [3.8, 4) is 5.88 Å². The number of nitrogens with one attached hydrogen (secondary N) is 1. The lowest BCUT2D eigenvalue weighted by Crippen LogP contribution is -2.33. The summed E-state index contributed by atoms with van der Waals surface area (Å²) in [7, 11) is 0. The van der Waals surface area contributed by atoms with Crippen LogP contribution in [0.5, 0.6) is 5.88 Å². The second-order valence-electron chi connectivity index (χ2n) is 5.28. The Bertz CT molecular complexity index is 451. The van der Waals surface area contributed by atoms with E-state index in [0.717, 1.165) is 32.1 Å². The number of piperidine rings is 1. The van der Waals surface area contributed by atoms with Gasteiger partial charge < -0.3 is 10.1 Å². The van der Waals surface area contributed by atoms with Crippen molar-refractivity contribution in [2.24, 2.45) is 0 Å². The van der Waals surface area contributed by atoms with E-state index in [-0.39, 0.29) is 11.7 Å². The summed E-state index contributed by atoms with van der Waals surface area (Å²) in [5, 5.41) is 2.83. The summed E-state index contributed by atoms with van der Waals surface area (Å²) < 4.78 is 32.6. The first-order valence-corrected chi connectivity index (χ1v) is 7.65. The van der Waals surface area contributed by atoms with E-state index in [4.69, 9.17) is 4.74 Å². The largest absolute Gasteiger partial charge is 0.474 e. The van der Waals surface area contributed by atoms with Crippen molar-refractivity contribution < 1.29 is 13.5 Å². The molecule has 2 rings (SSSR count). The van der Waals surface area contributed by atoms with Gasteiger partial charge >= 0.3 is 0 Å². The van der Waals surface area contributed by atoms with Crippen LogP contribution in [0.1, 0.15) is 32.6 Å². The van der Waals surface area contributed by atoms with Crippen LogP contribution in [0.15, 0.2) is 6.07 Å². The quantitative estimate of drug-likeness (QED) is 0.839. The van der Waals surface area contributed by atoms with Gasteiger partial charge in [-0.05, 0) is 32.4 Å². The summed E-state index contributed by atoms with van der Waals surface area (Å²) in [6, 6.07) is 0.821. The van der Waals surface area contributed by atoms with Gasteiger partial charge in [-0.15, -0.1) is 0 Å². The summed E-state index contributed by atoms with van der Waals surface area (Å²) in [5.41, 5.74) is 0. The van der Waals surface area contributed by atoms with Gasteiger partial charge in [-0.25, -0.2) is 8.78 Å². The molecule has 1 aromatic rings. The van der Waals surface area contributed by atoms with Gasteiger partial charge in [0.25, 0.3) is 5.88 Å². The van der Waals surface area contributed by atoms with Crippen LogP contribution in [-0.2, 0) is 0 Å². The maximum Gasteiger partial charge on any atom is 0.252 e. The van der Waals surface area contributed by atoms with Gasteiger partial charge in [0, 0.05) is 19.2 Å². The standard InChI is InChI=1S/C15H23F2N3O/c1-2-6-18-14-12(16)11-13(17)15(19-14)21-10-9-20-7-4-3-5-8-20/h11H,2-10H2,1H3,(H,18,19). The van der Waals surface area contributed by atoms with Crippen LogP contribution < -0.4 is 10.1 Å². The predicted molar refractivity (Wildman–Crippen MR) is 78.7 cm³/mol. The molecule has 1 saturated heterocycles. The van der Waals surface area contributed by atoms with E-state index in [1.54, 1.807) is 0 Å². The van der Waals surface area contributed by atoms with Crippen LogP contribution in [0.3, 0.4) is 0 Å². The Morgan fingerprint density at radius 2 is 2.00 bits per heavy atom. The number of likely N-dealkylation sites (tertiary alicyclic amines) is 1. The molecule has 1 fully saturated rings. The molecule has 0 atom stereocenters. The van der Waals surface area contributed by atoms with Gasteiger partial charge in [0.2, 0.25) is 0 Å². The van der Waals surface area contributed by atoms with E-state index >= 15 is 0 Å². The highest BCUT2D eigenvalue weighted by Crippen LogP contribution is 2.21. The van der Waals surface area contributed by atoms with E-state index in [2.05, 4.69) is 15.2 Å². The molecule has 1 aromatic heterocycles. The van der Waals surface area contributed by atoms with Gasteiger partial charge in [-0.1, -0.05) is 13.3 Å². The molecular formula is C15H23F2N3O. The highest BCUT2D eigenvalue weighted by Gasteiger charge is 2.14. The Balaban J connectivity index is 1.88. The Hall–Kier alpha value is -1.43. The van der Waals surface area contributed by atoms with Crippen LogP contribution in [-0.4, -0.2) is 42.7 Å². The van der Waals surface area contributed by atoms with Crippen molar-refractivity contribution in [3.63, 3.8) is 0 Å². The predicted octanol–water partition coefficient (Wildman–Crippen LogP) is 3.05. The molecule has 6 heteroatoms. The van der Waals surface area contributed by atoms with Crippen LogP contribution >= 0.6 is 0 Å². The van der Waals surface area contributed by atoms with E-state index in [0.29, 0.717) is 13.2 Å². The third-order valence-corrected chi connectivity index (χ3v) is 3.53. The van der Waals surface area contributed by atoms with Crippen LogP contribution in [0.2, 0.25) is 0 Å². The average Bonchev–Trinajstić information content (AvgIpc) is 2.49. The first-order valence-electron chi connectivity index (χ1n) is 7.65. The topological polar surface area (TPSA) is 37.4 Å². The van der Waals surface area contributed by atoms with Crippen LogP contribution in [0.4, 0.5) is 14.6 Å². The van der Waals surface area contributed by atoms with Crippen molar-refractivity contribution in [1.29, 1.82) is 0 Å². The zero-order chi connectivity index (χ0) is 15.1. The minimum Gasteiger partial charge on any atom is -0.474 e. The minimum absolute atomic E-state index is 0.0474. The van der Waals surface area contributed by atoms with Crippen molar-refractivity contribution in [1.82, 2.24) is 9.88 Å². The monoisotopic (exact) mass is 299 g/mol. The van der Waals surface area contributed by atoms with E-state index in [1.165, 1.54) is 19.3 Å². The lowest BCUT2D eigenvalue weighted by atomic mass is 10.1. The molecule has 0 radical (unpaired) electrons. The number of nitrogens with zero attached hydrogens (tertiary/aromatic N) is 2. The lowest BCUT2D eigenvalue weighted by molar-refractivity contribution is 0.177. The molecule has 1 N–H and O–H groups in total. The Kier molecular flexibility index (Phi) is 6.17. The first-order chi connectivity index (χ1) is 10.2. The van der Waals surface area contributed by atoms with E-state index in [9.17, 15) is 8.78 Å². The summed E-state index contributed by atoms with van der Waals surface area (Å²) in [4.78, 5) is 6.18. The normalized spacial score (nSPS) is 16.0. The SMILES string of the molecule is CCCNc1nc(OCCN2CCCCC2)c(F)cc1F. The summed E-state index contributed by atoms with van der Waals surface area (Å²) in [6.07, 6.45) is 4.52. The smallest absolute Gasteiger partial charge is 0.252 e. The van der Waals surface area contributed by atoms with Gasteiger partial charge in [-0.2, -0.15) is 4.98 Å². The van der Waals surface area contributed by atoms with Gasteiger partial charge in [0.15, 0.2) is 17.5 Å². The van der Waals surface area contributed by atoms with Gasteiger partial charge in [-0.3, -0.25) is 4.90 Å². The Morgan fingerprint density at radius 3 is 2.71 bits per heavy atom. The summed E-state index contributed by atoms with van der Waals surface area (Å²) >= 11 is 0. The molecule has 118 valence electrons. The number of anilines is 1. The summed E-state index contributed by atoms with van der Waals surface area (Å²) in [6.45, 7) is 5.78. The number of hydrogen-bond donors (Lipinski definition) is 1. The first kappa shape index (κ1) is 15.9. The number of halogens is 2. The molecule has 1 aliphatic rings. The number of hydrogen-bond acceptors (Lipinski definition) is 4. The van der Waals surface area contributed by atoms with Gasteiger partial charge in [0.05, 0.1) is 0 Å². The zero-order valence-electron chi connectivity index (χ0n) is 12.5. The fourth-order valence-corrected chi connectivity index (χ4v) is 2.37. The third kappa shape index (κ3) is 4.81. The molecule has 21 heavy (non-hydrogen) atoms. The zero-order valence-corrected chi connectivity index (χ0v) is 12.5. The second-order valence-corrected chi connectivity index (χ2v) is 5.28. The average molecular weight is 299 g/mol. The molecule has 0 bridgehead atoms. The lowest BCUT2D eigenvalue weighted by Gasteiger charge is -2.26. The fraction of sp³-hybridized carbons (Fsp3) is 0.667. The van der Waals surface area contributed by atoms with E-state index < -0.39 is 11.6 Å². The van der Waals surface area contributed by atoms with Crippen molar-refractivity contribution in [2.75, 3.05) is 38.1 Å². The van der Waals surface area contributed by atoms with E-state index in [1.807, 2.05) is 6.92 Å². The molecular weight excluding hydrogens is 276 g/mol. The fourth-order valence-electron chi connectivity index (χ4n) is 2.37. The maximum absolute atomic E-state index is 13.6. The minimum atomic E-state index is -0.756. The molecule has 0 unspecified atom stereocenters. The highest BCUT2D eigenvalue weighted by atomic mass is 19.1. The molecule has 0 aromatic carbocycles. The Labute approximate surface area is 124 Å². The van der Waals surface area contributed by atoms with Gasteiger partial charge in [0.1, 0.15) is 6.61 Å². The van der Waals surface area contributed by atoms with Crippen LogP contribution in [0, 0.1) is 11.6 Å². The third-order valence-electron chi connectivity index (χ3n) is 3.53. The maximum atomic E-state index is 13.6. The highest BCUT2D eigenvalue weighted by molar-refractivity contribution is 5.39. The number of pyridine rings is 1.